The molecule has 3 rings (SSSR count). The van der Waals surface area contributed by atoms with Gasteiger partial charge >= 0.3 is 0 Å². The Morgan fingerprint density at radius 3 is 2.73 bits per heavy atom. The summed E-state index contributed by atoms with van der Waals surface area (Å²) < 4.78 is 0. The quantitative estimate of drug-likeness (QED) is 0.849. The molecule has 0 saturated carbocycles. The fraction of sp³-hybridized carbons (Fsp3) is 0.421. The lowest BCUT2D eigenvalue weighted by Crippen LogP contribution is -2.52. The van der Waals surface area contributed by atoms with Crippen molar-refractivity contribution in [3.05, 3.63) is 40.5 Å². The molecule has 26 heavy (non-hydrogen) atoms. The molecule has 0 radical (unpaired) electrons. The molecule has 0 bridgehead atoms. The number of rotatable bonds is 2. The Kier molecular flexibility index (Phi) is 5.17. The normalized spacial score (nSPS) is 17.6. The Hall–Kier alpha value is -1.79. The third kappa shape index (κ3) is 3.96. The molecule has 1 aromatic carbocycles. The molecule has 1 fully saturated rings. The van der Waals surface area contributed by atoms with Gasteiger partial charge in [-0.25, -0.2) is 0 Å². The van der Waals surface area contributed by atoms with Crippen molar-refractivity contribution in [3.8, 4) is 0 Å². The van der Waals surface area contributed by atoms with Crippen LogP contribution in [-0.2, 0) is 4.79 Å². The maximum absolute atomic E-state index is 13.1. The van der Waals surface area contributed by atoms with Gasteiger partial charge in [-0.05, 0) is 52.0 Å². The molecule has 1 saturated heterocycles. The van der Waals surface area contributed by atoms with E-state index in [1.54, 1.807) is 28.8 Å². The molecule has 2 heterocycles. The molecule has 1 N–H and O–H groups in total. The topological polar surface area (TPSA) is 62.3 Å². The van der Waals surface area contributed by atoms with Gasteiger partial charge < -0.3 is 10.2 Å². The Labute approximate surface area is 162 Å². The van der Waals surface area contributed by atoms with E-state index in [4.69, 9.17) is 11.6 Å². The van der Waals surface area contributed by atoms with E-state index in [-0.39, 0.29) is 17.4 Å². The van der Waals surface area contributed by atoms with E-state index < -0.39 is 6.04 Å². The number of carbonyl (C=O) groups is 2. The summed E-state index contributed by atoms with van der Waals surface area (Å²) in [5, 5.41) is 4.38. The van der Waals surface area contributed by atoms with E-state index in [0.29, 0.717) is 27.9 Å². The lowest BCUT2D eigenvalue weighted by molar-refractivity contribution is -0.125. The highest BCUT2D eigenvalue weighted by molar-refractivity contribution is 7.99. The second-order valence-corrected chi connectivity index (χ2v) is 8.92. The van der Waals surface area contributed by atoms with Crippen LogP contribution in [0.3, 0.4) is 0 Å². The van der Waals surface area contributed by atoms with Crippen molar-refractivity contribution in [3.63, 3.8) is 0 Å². The zero-order valence-electron chi connectivity index (χ0n) is 15.3. The molecule has 0 aliphatic carbocycles. The molecule has 1 aliphatic rings. The van der Waals surface area contributed by atoms with Crippen molar-refractivity contribution < 1.29 is 9.59 Å². The van der Waals surface area contributed by atoms with E-state index in [1.165, 1.54) is 0 Å². The minimum Gasteiger partial charge on any atom is -0.350 e. The van der Waals surface area contributed by atoms with E-state index in [9.17, 15) is 9.59 Å². The van der Waals surface area contributed by atoms with Crippen molar-refractivity contribution in [2.75, 3.05) is 11.6 Å². The number of carbonyl (C=O) groups excluding carboxylic acids is 2. The largest absolute Gasteiger partial charge is 0.350 e. The fourth-order valence-electron chi connectivity index (χ4n) is 2.93. The molecule has 0 spiro atoms. The molecule has 1 aromatic heterocycles. The smallest absolute Gasteiger partial charge is 0.257 e. The number of pyridine rings is 1. The van der Waals surface area contributed by atoms with Crippen molar-refractivity contribution in [1.82, 2.24) is 15.2 Å². The first-order valence-electron chi connectivity index (χ1n) is 8.43. The number of aryl methyl sites for hydroxylation is 1. The minimum absolute atomic E-state index is 0.120. The zero-order valence-corrected chi connectivity index (χ0v) is 16.9. The maximum Gasteiger partial charge on any atom is 0.257 e. The van der Waals surface area contributed by atoms with Gasteiger partial charge in [-0.2, -0.15) is 0 Å². The van der Waals surface area contributed by atoms with Crippen molar-refractivity contribution in [2.45, 2.75) is 39.3 Å². The van der Waals surface area contributed by atoms with Gasteiger partial charge in [0, 0.05) is 21.7 Å². The van der Waals surface area contributed by atoms with Gasteiger partial charge in [0.25, 0.3) is 5.91 Å². The van der Waals surface area contributed by atoms with Crippen molar-refractivity contribution >= 4 is 46.1 Å². The first-order valence-corrected chi connectivity index (χ1v) is 9.96. The number of hydrogen-bond donors (Lipinski definition) is 1. The first-order chi connectivity index (χ1) is 12.2. The number of nitrogens with zero attached hydrogens (tertiary/aromatic N) is 2. The van der Waals surface area contributed by atoms with Gasteiger partial charge in [-0.3, -0.25) is 14.6 Å². The van der Waals surface area contributed by atoms with Crippen molar-refractivity contribution in [2.24, 2.45) is 0 Å². The minimum atomic E-state index is -0.471. The summed E-state index contributed by atoms with van der Waals surface area (Å²) in [5.74, 6) is 0.800. The molecule has 2 amide bonds. The third-order valence-corrected chi connectivity index (χ3v) is 5.39. The number of thioether (sulfide) groups is 1. The summed E-state index contributed by atoms with van der Waals surface area (Å²) in [6.45, 7) is 7.61. The molecule has 5 nitrogen and oxygen atoms in total. The summed E-state index contributed by atoms with van der Waals surface area (Å²) in [7, 11) is 0. The van der Waals surface area contributed by atoms with Crippen LogP contribution in [0.4, 0.5) is 0 Å². The summed E-state index contributed by atoms with van der Waals surface area (Å²) in [6, 6.07) is 6.75. The number of hydrogen-bond acceptors (Lipinski definition) is 4. The van der Waals surface area contributed by atoms with Crippen LogP contribution in [0.15, 0.2) is 24.3 Å². The lowest BCUT2D eigenvalue weighted by Gasteiger charge is -2.28. The molecule has 1 atom stereocenters. The third-order valence-electron chi connectivity index (χ3n) is 4.14. The van der Waals surface area contributed by atoms with Gasteiger partial charge in [-0.1, -0.05) is 11.6 Å². The van der Waals surface area contributed by atoms with Crippen LogP contribution in [-0.4, -0.2) is 44.9 Å². The van der Waals surface area contributed by atoms with Crippen LogP contribution in [0.1, 0.15) is 36.8 Å². The molecular weight excluding hydrogens is 370 g/mol. The first kappa shape index (κ1) is 19.0. The van der Waals surface area contributed by atoms with Gasteiger partial charge in [-0.15, -0.1) is 11.8 Å². The second kappa shape index (κ2) is 7.08. The van der Waals surface area contributed by atoms with Gasteiger partial charge in [0.05, 0.1) is 22.7 Å². The van der Waals surface area contributed by atoms with Gasteiger partial charge in [0.15, 0.2) is 0 Å². The number of halogens is 1. The number of nitrogens with one attached hydrogen (secondary N) is 1. The maximum atomic E-state index is 13.1. The molecule has 0 unspecified atom stereocenters. The van der Waals surface area contributed by atoms with Crippen molar-refractivity contribution in [1.29, 1.82) is 0 Å². The van der Waals surface area contributed by atoms with E-state index in [2.05, 4.69) is 10.3 Å². The SMILES string of the molecule is Cc1nc2ccc(Cl)cc2cc1C(=O)N1CSC[C@H]1C(=O)NC(C)(C)C. The van der Waals surface area contributed by atoms with E-state index in [0.717, 1.165) is 10.9 Å². The number of benzene rings is 1. The van der Waals surface area contributed by atoms with E-state index >= 15 is 0 Å². The second-order valence-electron chi connectivity index (χ2n) is 7.49. The predicted octanol–water partition coefficient (Wildman–Crippen LogP) is 3.63. The molecule has 7 heteroatoms. The Bertz CT molecular complexity index is 879. The summed E-state index contributed by atoms with van der Waals surface area (Å²) >= 11 is 7.65. The van der Waals surface area contributed by atoms with Crippen LogP contribution in [0, 0.1) is 6.92 Å². The Morgan fingerprint density at radius 2 is 2.04 bits per heavy atom. The standard InChI is InChI=1S/C19H22ClN3O2S/c1-11-14(8-12-7-13(20)5-6-15(12)21-11)18(25)23-10-26-9-16(23)17(24)22-19(2,3)4/h5-8,16H,9-10H2,1-4H3,(H,22,24)/t16-/m0/s1. The number of aromatic nitrogens is 1. The lowest BCUT2D eigenvalue weighted by atomic mass is 10.1. The summed E-state index contributed by atoms with van der Waals surface area (Å²) in [4.78, 5) is 31.9. The van der Waals surface area contributed by atoms with Gasteiger partial charge in [0.2, 0.25) is 5.91 Å². The molecule has 2 aromatic rings. The van der Waals surface area contributed by atoms with Crippen LogP contribution in [0.2, 0.25) is 5.02 Å². The highest BCUT2D eigenvalue weighted by Gasteiger charge is 2.36. The highest BCUT2D eigenvalue weighted by atomic mass is 35.5. The van der Waals surface area contributed by atoms with Crippen LogP contribution in [0.25, 0.3) is 10.9 Å². The van der Waals surface area contributed by atoms with Gasteiger partial charge in [0.1, 0.15) is 6.04 Å². The number of fused-ring (bicyclic) bond motifs is 1. The molecular formula is C19H22ClN3O2S. The number of amides is 2. The monoisotopic (exact) mass is 391 g/mol. The fourth-order valence-corrected chi connectivity index (χ4v) is 4.26. The average Bonchev–Trinajstić information content (AvgIpc) is 3.02. The highest BCUT2D eigenvalue weighted by Crippen LogP contribution is 2.27. The average molecular weight is 392 g/mol. The van der Waals surface area contributed by atoms with Crippen LogP contribution >= 0.6 is 23.4 Å². The molecule has 138 valence electrons. The summed E-state index contributed by atoms with van der Waals surface area (Å²) in [6.07, 6.45) is 0. The Morgan fingerprint density at radius 1 is 1.31 bits per heavy atom. The zero-order chi connectivity index (χ0) is 19.1. The van der Waals surface area contributed by atoms with Crippen LogP contribution in [0.5, 0.6) is 0 Å². The predicted molar refractivity (Wildman–Crippen MR) is 107 cm³/mol. The molecule has 1 aliphatic heterocycles. The van der Waals surface area contributed by atoms with Crippen LogP contribution < -0.4 is 5.32 Å². The van der Waals surface area contributed by atoms with E-state index in [1.807, 2.05) is 39.8 Å². The summed E-state index contributed by atoms with van der Waals surface area (Å²) in [5.41, 5.74) is 1.62. The Balaban J connectivity index is 1.91.